The molecule has 1 unspecified atom stereocenters. The molecular weight excluding hydrogens is 817 g/mol. The summed E-state index contributed by atoms with van der Waals surface area (Å²) in [6.07, 6.45) is 63.5. The minimum Gasteiger partial charge on any atom is -0.462 e. The van der Waals surface area contributed by atoms with Crippen molar-refractivity contribution in [2.75, 3.05) is 13.2 Å². The molecule has 6 heteroatoms. The lowest BCUT2D eigenvalue weighted by Crippen LogP contribution is -2.30. The van der Waals surface area contributed by atoms with Crippen LogP contribution in [0.1, 0.15) is 335 Å². The van der Waals surface area contributed by atoms with Gasteiger partial charge in [-0.3, -0.25) is 14.4 Å². The first kappa shape index (κ1) is 64.2. The number of esters is 3. The van der Waals surface area contributed by atoms with Gasteiger partial charge in [0.05, 0.1) is 0 Å². The first-order chi connectivity index (χ1) is 32.5. The lowest BCUT2D eigenvalue weighted by atomic mass is 10.0. The molecule has 6 nitrogen and oxygen atoms in total. The number of carbonyl (C=O) groups is 3. The maximum atomic E-state index is 12.9. The first-order valence-electron chi connectivity index (χ1n) is 29.7. The van der Waals surface area contributed by atoms with Gasteiger partial charge in [-0.05, 0) is 44.9 Å². The third-order valence-corrected chi connectivity index (χ3v) is 13.5. The topological polar surface area (TPSA) is 78.9 Å². The Morgan fingerprint density at radius 2 is 0.500 bits per heavy atom. The van der Waals surface area contributed by atoms with Crippen molar-refractivity contribution in [1.29, 1.82) is 0 Å². The lowest BCUT2D eigenvalue weighted by molar-refractivity contribution is -0.167. The summed E-state index contributed by atoms with van der Waals surface area (Å²) in [4.78, 5) is 38.1. The third-order valence-electron chi connectivity index (χ3n) is 13.5. The average Bonchev–Trinajstić information content (AvgIpc) is 3.31. The zero-order valence-electron chi connectivity index (χ0n) is 44.7. The van der Waals surface area contributed by atoms with E-state index in [-0.39, 0.29) is 31.1 Å². The van der Waals surface area contributed by atoms with E-state index in [1.54, 1.807) is 0 Å². The summed E-state index contributed by atoms with van der Waals surface area (Å²) in [5, 5.41) is 0. The summed E-state index contributed by atoms with van der Waals surface area (Å²) in [5.74, 6) is -0.844. The number of ether oxygens (including phenoxy) is 3. The first-order valence-corrected chi connectivity index (χ1v) is 29.7. The van der Waals surface area contributed by atoms with Crippen LogP contribution in [0.5, 0.6) is 0 Å². The highest BCUT2D eigenvalue weighted by Crippen LogP contribution is 2.17. The van der Waals surface area contributed by atoms with Crippen LogP contribution in [0.4, 0.5) is 0 Å². The molecule has 0 radical (unpaired) electrons. The average molecular weight is 932 g/mol. The zero-order chi connectivity index (χ0) is 47.9. The SMILES string of the molecule is CCCCCCCC/C=C\CCCCCCCCCCCC(=O)OCC(COC(=O)CCCCCCCCCCCC)OC(=O)CCCCCCCCCCCCCCCCCCCCC. The lowest BCUT2D eigenvalue weighted by Gasteiger charge is -2.18. The molecule has 0 aromatic heterocycles. The molecule has 0 N–H and O–H groups in total. The Morgan fingerprint density at radius 1 is 0.288 bits per heavy atom. The molecule has 1 atom stereocenters. The molecule has 0 spiro atoms. The molecule has 0 fully saturated rings. The van der Waals surface area contributed by atoms with Crippen LogP contribution in [0.25, 0.3) is 0 Å². The van der Waals surface area contributed by atoms with Gasteiger partial charge in [0.15, 0.2) is 6.10 Å². The molecule has 66 heavy (non-hydrogen) atoms. The van der Waals surface area contributed by atoms with E-state index < -0.39 is 6.10 Å². The van der Waals surface area contributed by atoms with Gasteiger partial charge in [-0.15, -0.1) is 0 Å². The van der Waals surface area contributed by atoms with Crippen LogP contribution >= 0.6 is 0 Å². The molecule has 0 bridgehead atoms. The smallest absolute Gasteiger partial charge is 0.306 e. The Balaban J connectivity index is 4.23. The van der Waals surface area contributed by atoms with Crippen LogP contribution in [0.2, 0.25) is 0 Å². The Hall–Kier alpha value is -1.85. The largest absolute Gasteiger partial charge is 0.462 e. The molecule has 0 amide bonds. The highest BCUT2D eigenvalue weighted by Gasteiger charge is 2.19. The van der Waals surface area contributed by atoms with E-state index in [1.807, 2.05) is 0 Å². The van der Waals surface area contributed by atoms with E-state index >= 15 is 0 Å². The molecule has 0 saturated heterocycles. The highest BCUT2D eigenvalue weighted by atomic mass is 16.6. The van der Waals surface area contributed by atoms with Crippen molar-refractivity contribution in [3.05, 3.63) is 12.2 Å². The van der Waals surface area contributed by atoms with Gasteiger partial charge in [0.25, 0.3) is 0 Å². The normalized spacial score (nSPS) is 12.0. The third kappa shape index (κ3) is 53.1. The van der Waals surface area contributed by atoms with Crippen LogP contribution in [0.15, 0.2) is 12.2 Å². The van der Waals surface area contributed by atoms with E-state index in [2.05, 4.69) is 32.9 Å². The summed E-state index contributed by atoms with van der Waals surface area (Å²) < 4.78 is 16.9. The minimum atomic E-state index is -0.764. The predicted octanol–water partition coefficient (Wildman–Crippen LogP) is 19.7. The van der Waals surface area contributed by atoms with Crippen LogP contribution in [0.3, 0.4) is 0 Å². The van der Waals surface area contributed by atoms with Gasteiger partial charge in [-0.2, -0.15) is 0 Å². The van der Waals surface area contributed by atoms with Crippen molar-refractivity contribution < 1.29 is 28.6 Å². The predicted molar refractivity (Wildman–Crippen MR) is 284 cm³/mol. The summed E-state index contributed by atoms with van der Waals surface area (Å²) in [7, 11) is 0. The minimum absolute atomic E-state index is 0.0647. The Labute approximate surface area is 411 Å². The van der Waals surface area contributed by atoms with Crippen molar-refractivity contribution in [3.8, 4) is 0 Å². The molecule has 0 aliphatic carbocycles. The Bertz CT molecular complexity index is 1020. The number of allylic oxidation sites excluding steroid dienone is 2. The van der Waals surface area contributed by atoms with Crippen LogP contribution in [-0.2, 0) is 28.6 Å². The van der Waals surface area contributed by atoms with Gasteiger partial charge >= 0.3 is 17.9 Å². The molecule has 0 aromatic carbocycles. The van der Waals surface area contributed by atoms with Gasteiger partial charge < -0.3 is 14.2 Å². The fourth-order valence-electron chi connectivity index (χ4n) is 9.03. The van der Waals surface area contributed by atoms with Crippen molar-refractivity contribution in [2.45, 2.75) is 341 Å². The second kappa shape index (κ2) is 55.7. The fraction of sp³-hybridized carbons (Fsp3) is 0.917. The summed E-state index contributed by atoms with van der Waals surface area (Å²) in [6, 6.07) is 0. The van der Waals surface area contributed by atoms with Crippen LogP contribution in [0, 0.1) is 0 Å². The van der Waals surface area contributed by atoms with E-state index in [9.17, 15) is 14.4 Å². The van der Waals surface area contributed by atoms with Gasteiger partial charge in [-0.25, -0.2) is 0 Å². The summed E-state index contributed by atoms with van der Waals surface area (Å²) in [5.41, 5.74) is 0. The molecule has 0 rings (SSSR count). The van der Waals surface area contributed by atoms with Crippen molar-refractivity contribution >= 4 is 17.9 Å². The Morgan fingerprint density at radius 3 is 0.758 bits per heavy atom. The maximum absolute atomic E-state index is 12.9. The monoisotopic (exact) mass is 931 g/mol. The molecule has 0 saturated carbocycles. The van der Waals surface area contributed by atoms with Crippen LogP contribution < -0.4 is 0 Å². The van der Waals surface area contributed by atoms with Crippen molar-refractivity contribution in [1.82, 2.24) is 0 Å². The number of rotatable bonds is 55. The number of hydrogen-bond acceptors (Lipinski definition) is 6. The van der Waals surface area contributed by atoms with Gasteiger partial charge in [0, 0.05) is 19.3 Å². The van der Waals surface area contributed by atoms with Gasteiger partial charge in [0.1, 0.15) is 13.2 Å². The zero-order valence-corrected chi connectivity index (χ0v) is 44.7. The van der Waals surface area contributed by atoms with Crippen molar-refractivity contribution in [3.63, 3.8) is 0 Å². The Kier molecular flexibility index (Phi) is 54.2. The van der Waals surface area contributed by atoms with Gasteiger partial charge in [-0.1, -0.05) is 283 Å². The molecular formula is C60H114O6. The summed E-state index contributed by atoms with van der Waals surface area (Å²) >= 11 is 0. The summed E-state index contributed by atoms with van der Waals surface area (Å²) in [6.45, 7) is 6.68. The van der Waals surface area contributed by atoms with E-state index in [4.69, 9.17) is 14.2 Å². The number of carbonyl (C=O) groups excluding carboxylic acids is 3. The number of hydrogen-bond donors (Lipinski definition) is 0. The molecule has 0 aromatic rings. The van der Waals surface area contributed by atoms with E-state index in [1.165, 1.54) is 238 Å². The van der Waals surface area contributed by atoms with Crippen molar-refractivity contribution in [2.24, 2.45) is 0 Å². The fourth-order valence-corrected chi connectivity index (χ4v) is 9.03. The van der Waals surface area contributed by atoms with Gasteiger partial charge in [0.2, 0.25) is 0 Å². The quantitative estimate of drug-likeness (QED) is 0.0262. The standard InChI is InChI=1S/C60H114O6/c1-4-7-10-13-16-19-22-24-26-28-30-32-34-36-38-41-44-47-50-53-59(62)65-56-57(55-64-58(61)52-49-46-43-40-21-18-15-12-9-6-3)66-60(63)54-51-48-45-42-39-37-35-33-31-29-27-25-23-20-17-14-11-8-5-2/h24,26,57H,4-23,25,27-56H2,1-3H3/b26-24-. The molecule has 0 aliphatic heterocycles. The molecule has 390 valence electrons. The van der Waals surface area contributed by atoms with E-state index in [0.29, 0.717) is 19.3 Å². The van der Waals surface area contributed by atoms with Crippen LogP contribution in [-0.4, -0.2) is 37.2 Å². The highest BCUT2D eigenvalue weighted by molar-refractivity contribution is 5.71. The second-order valence-electron chi connectivity index (χ2n) is 20.3. The molecule has 0 aliphatic rings. The van der Waals surface area contributed by atoms with E-state index in [0.717, 1.165) is 57.8 Å². The second-order valence-corrected chi connectivity index (χ2v) is 20.3. The maximum Gasteiger partial charge on any atom is 0.306 e. The number of unbranched alkanes of at least 4 members (excludes halogenated alkanes) is 42. The molecule has 0 heterocycles.